The smallest absolute Gasteiger partial charge is 0.417 e. The number of ether oxygens (including phenoxy) is 2. The normalized spacial score (nSPS) is 20.0. The monoisotopic (exact) mass is 778 g/mol. The molecule has 1 aromatic heterocycles. The summed E-state index contributed by atoms with van der Waals surface area (Å²) in [4.78, 5) is 34.4. The molecule has 2 aromatic rings. The number of piperidine rings is 2. The number of amides is 2. The van der Waals surface area contributed by atoms with Gasteiger partial charge in [0, 0.05) is 92.7 Å². The maximum Gasteiger partial charge on any atom is 0.417 e. The van der Waals surface area contributed by atoms with E-state index in [1.807, 2.05) is 23.4 Å². The molecule has 2 amide bonds. The van der Waals surface area contributed by atoms with Gasteiger partial charge < -0.3 is 29.3 Å². The molecule has 0 saturated carbocycles. The third kappa shape index (κ3) is 10.9. The topological polar surface area (TPSA) is 104 Å². The molecule has 1 atom stereocenters. The summed E-state index contributed by atoms with van der Waals surface area (Å²) in [6.07, 6.45) is 0.297. The van der Waals surface area contributed by atoms with E-state index in [9.17, 15) is 27.9 Å². The van der Waals surface area contributed by atoms with Gasteiger partial charge in [-0.15, -0.1) is 11.8 Å². The number of carbonyl (C=O) groups excluding carboxylic acids is 2. The Morgan fingerprint density at radius 3 is 2.43 bits per heavy atom. The van der Waals surface area contributed by atoms with Crippen LogP contribution in [0.2, 0.25) is 0 Å². The molecule has 11 nitrogen and oxygen atoms in total. The number of aliphatic hydroxyl groups is 1. The fraction of sp³-hybridized carbons (Fsp3) is 0.718. The third-order valence-electron chi connectivity index (χ3n) is 11.0. The lowest BCUT2D eigenvalue weighted by Gasteiger charge is -2.33. The highest BCUT2D eigenvalue weighted by Crippen LogP contribution is 2.40. The van der Waals surface area contributed by atoms with Crippen molar-refractivity contribution in [1.29, 1.82) is 0 Å². The number of β-amino-alcohol motifs (C(OH)–C–C–N with tert-alkyl or cyclic N) is 1. The van der Waals surface area contributed by atoms with Crippen LogP contribution in [0.3, 0.4) is 0 Å². The zero-order valence-electron chi connectivity index (χ0n) is 31.8. The van der Waals surface area contributed by atoms with Crippen LogP contribution in [0.25, 0.3) is 11.3 Å². The van der Waals surface area contributed by atoms with E-state index < -0.39 is 17.8 Å². The number of nitrogens with zero attached hydrogens (tertiary/aromatic N) is 6. The van der Waals surface area contributed by atoms with Gasteiger partial charge in [0.05, 0.1) is 43.7 Å². The predicted molar refractivity (Wildman–Crippen MR) is 201 cm³/mol. The van der Waals surface area contributed by atoms with Gasteiger partial charge in [0.1, 0.15) is 0 Å². The minimum absolute atomic E-state index is 0.0251. The molecule has 6 rings (SSSR count). The molecule has 1 unspecified atom stereocenters. The highest BCUT2D eigenvalue weighted by Gasteiger charge is 2.35. The molecule has 54 heavy (non-hydrogen) atoms. The number of thioether (sulfide) groups is 1. The van der Waals surface area contributed by atoms with Crippen LogP contribution in [-0.4, -0.2) is 137 Å². The van der Waals surface area contributed by atoms with Gasteiger partial charge in [0.15, 0.2) is 0 Å². The first-order chi connectivity index (χ1) is 25.9. The van der Waals surface area contributed by atoms with E-state index in [1.54, 1.807) is 11.0 Å². The summed E-state index contributed by atoms with van der Waals surface area (Å²) < 4.78 is 55.5. The Kier molecular flexibility index (Phi) is 14.2. The molecule has 0 aliphatic carbocycles. The molecule has 4 aliphatic heterocycles. The summed E-state index contributed by atoms with van der Waals surface area (Å²) in [5.41, 5.74) is 2.21. The summed E-state index contributed by atoms with van der Waals surface area (Å²) >= 11 is 1.20. The Hall–Kier alpha value is -2.85. The molecule has 0 bridgehead atoms. The van der Waals surface area contributed by atoms with E-state index in [2.05, 4.69) is 9.80 Å². The zero-order chi connectivity index (χ0) is 38.2. The first kappa shape index (κ1) is 40.8. The number of rotatable bonds is 13. The van der Waals surface area contributed by atoms with Crippen LogP contribution in [0.15, 0.2) is 23.1 Å². The van der Waals surface area contributed by atoms with Crippen LogP contribution in [0.1, 0.15) is 69.2 Å². The highest BCUT2D eigenvalue weighted by atomic mass is 32.2. The van der Waals surface area contributed by atoms with Gasteiger partial charge in [-0.05, 0) is 62.7 Å². The van der Waals surface area contributed by atoms with Crippen molar-refractivity contribution < 1.29 is 37.3 Å². The standard InChI is InChI=1S/C39H57F3N6O5S/c1-28(2)27-53-38(51)46-13-8-29(9-14-46)22-36(50)47-15-10-34-32(26-47)37(43-48(34)25-31(49)24-45-11-4-3-5-12-45)30-6-7-33(39(40,41)42)35(23-30)54-21-18-44-16-19-52-20-17-44/h6-7,23,28-29,31,49H,3-5,8-22,24-27H2,1-2H3. The minimum Gasteiger partial charge on any atom is -0.449 e. The Morgan fingerprint density at radius 2 is 1.72 bits per heavy atom. The molecular formula is C39H57F3N6O5S. The fourth-order valence-electron chi connectivity index (χ4n) is 7.94. The summed E-state index contributed by atoms with van der Waals surface area (Å²) in [6, 6.07) is 4.25. The highest BCUT2D eigenvalue weighted by molar-refractivity contribution is 7.99. The fourth-order valence-corrected chi connectivity index (χ4v) is 9.06. The lowest BCUT2D eigenvalue weighted by Crippen LogP contribution is -2.42. The molecule has 3 fully saturated rings. The maximum absolute atomic E-state index is 14.3. The Balaban J connectivity index is 1.19. The van der Waals surface area contributed by atoms with Crippen molar-refractivity contribution in [1.82, 2.24) is 29.4 Å². The second kappa shape index (κ2) is 18.9. The summed E-state index contributed by atoms with van der Waals surface area (Å²) in [5.74, 6) is 0.934. The van der Waals surface area contributed by atoms with Crippen LogP contribution in [0.4, 0.5) is 18.0 Å². The van der Waals surface area contributed by atoms with Crippen LogP contribution in [0, 0.1) is 11.8 Å². The van der Waals surface area contributed by atoms with Crippen LogP contribution < -0.4 is 0 Å². The molecule has 4 aliphatic rings. The van der Waals surface area contributed by atoms with Crippen LogP contribution in [0.5, 0.6) is 0 Å². The number of fused-ring (bicyclic) bond motifs is 1. The van der Waals surface area contributed by atoms with Gasteiger partial charge in [0.2, 0.25) is 5.91 Å². The molecule has 0 spiro atoms. The number of benzene rings is 1. The third-order valence-corrected chi connectivity index (χ3v) is 12.0. The number of hydrogen-bond acceptors (Lipinski definition) is 9. The summed E-state index contributed by atoms with van der Waals surface area (Å²) in [7, 11) is 0. The van der Waals surface area contributed by atoms with E-state index in [0.717, 1.165) is 69.2 Å². The average molecular weight is 779 g/mol. The van der Waals surface area contributed by atoms with Crippen molar-refractivity contribution in [2.24, 2.45) is 11.8 Å². The van der Waals surface area contributed by atoms with Crippen LogP contribution in [-0.2, 0) is 40.0 Å². The molecule has 5 heterocycles. The number of hydrogen-bond donors (Lipinski definition) is 1. The lowest BCUT2D eigenvalue weighted by atomic mass is 9.92. The van der Waals surface area contributed by atoms with E-state index in [-0.39, 0.29) is 35.3 Å². The molecule has 15 heteroatoms. The van der Waals surface area contributed by atoms with Crippen molar-refractivity contribution >= 4 is 23.8 Å². The van der Waals surface area contributed by atoms with Crippen molar-refractivity contribution in [3.05, 3.63) is 35.0 Å². The van der Waals surface area contributed by atoms with E-state index in [0.29, 0.717) is 88.9 Å². The number of likely N-dealkylation sites (tertiary alicyclic amines) is 2. The van der Waals surface area contributed by atoms with Crippen molar-refractivity contribution in [2.45, 2.75) is 89.1 Å². The maximum atomic E-state index is 14.3. The first-order valence-corrected chi connectivity index (χ1v) is 20.8. The van der Waals surface area contributed by atoms with E-state index in [1.165, 1.54) is 24.2 Å². The minimum atomic E-state index is -4.51. The van der Waals surface area contributed by atoms with Crippen molar-refractivity contribution in [2.75, 3.05) is 84.5 Å². The quantitative estimate of drug-likeness (QED) is 0.260. The van der Waals surface area contributed by atoms with Crippen molar-refractivity contribution in [3.8, 4) is 11.3 Å². The first-order valence-electron chi connectivity index (χ1n) is 19.8. The second-order valence-electron chi connectivity index (χ2n) is 15.7. The zero-order valence-corrected chi connectivity index (χ0v) is 32.6. The lowest BCUT2D eigenvalue weighted by molar-refractivity contribution is -0.139. The molecule has 0 radical (unpaired) electrons. The second-order valence-corrected chi connectivity index (χ2v) is 16.8. The molecule has 300 valence electrons. The summed E-state index contributed by atoms with van der Waals surface area (Å²) in [5, 5.41) is 16.2. The van der Waals surface area contributed by atoms with Crippen LogP contribution >= 0.6 is 11.8 Å². The molecular weight excluding hydrogens is 722 g/mol. The van der Waals surface area contributed by atoms with E-state index in [4.69, 9.17) is 14.6 Å². The van der Waals surface area contributed by atoms with Gasteiger partial charge in [-0.2, -0.15) is 18.3 Å². The summed E-state index contributed by atoms with van der Waals surface area (Å²) in [6.45, 7) is 12.4. The molecule has 1 aromatic carbocycles. The van der Waals surface area contributed by atoms with E-state index >= 15 is 0 Å². The largest absolute Gasteiger partial charge is 0.449 e. The Morgan fingerprint density at radius 1 is 0.981 bits per heavy atom. The number of morpholine rings is 1. The Labute approximate surface area is 321 Å². The van der Waals surface area contributed by atoms with Gasteiger partial charge in [-0.1, -0.05) is 26.3 Å². The number of alkyl halides is 3. The number of aliphatic hydroxyl groups excluding tert-OH is 1. The molecule has 3 saturated heterocycles. The average Bonchev–Trinajstić information content (AvgIpc) is 3.51. The van der Waals surface area contributed by atoms with Crippen molar-refractivity contribution in [3.63, 3.8) is 0 Å². The van der Waals surface area contributed by atoms with Gasteiger partial charge >= 0.3 is 12.3 Å². The van der Waals surface area contributed by atoms with Gasteiger partial charge in [-0.25, -0.2) is 4.79 Å². The van der Waals surface area contributed by atoms with Gasteiger partial charge in [-0.3, -0.25) is 14.4 Å². The Bertz CT molecular complexity index is 1550. The molecule has 1 N–H and O–H groups in total. The number of halogens is 3. The predicted octanol–water partition coefficient (Wildman–Crippen LogP) is 5.62. The SMILES string of the molecule is CC(C)COC(=O)N1CCC(CC(=O)N2CCc3c(c(-c4ccc(C(F)(F)F)c(SCCN5CCOCC5)c4)nn3CC(O)CN3CCCCC3)C2)CC1. The number of carbonyl (C=O) groups is 2. The van der Waals surface area contributed by atoms with Gasteiger partial charge in [0.25, 0.3) is 0 Å². The number of aromatic nitrogens is 2.